The van der Waals surface area contributed by atoms with Gasteiger partial charge in [-0.05, 0) is 26.1 Å². The molecule has 0 bridgehead atoms. The first-order valence-corrected chi connectivity index (χ1v) is 7.07. The maximum Gasteiger partial charge on any atom is 0.148 e. The topological polar surface area (TPSA) is 24.5 Å². The van der Waals surface area contributed by atoms with Crippen LogP contribution in [0.3, 0.4) is 0 Å². The standard InChI is InChI=1S/C17H26N2O/c1-6-11-20-17-10-8-7-9-15(17)12-18-16(14(2)3)13-19(4)5/h1,7-10,14,16,18H,11-13H2,2-5H3. The van der Waals surface area contributed by atoms with E-state index in [0.29, 0.717) is 18.6 Å². The molecule has 0 amide bonds. The van der Waals surface area contributed by atoms with Crippen molar-refractivity contribution in [2.45, 2.75) is 26.4 Å². The zero-order valence-corrected chi connectivity index (χ0v) is 13.0. The van der Waals surface area contributed by atoms with Gasteiger partial charge >= 0.3 is 0 Å². The van der Waals surface area contributed by atoms with E-state index in [2.05, 4.69) is 50.1 Å². The van der Waals surface area contributed by atoms with Gasteiger partial charge in [-0.1, -0.05) is 38.0 Å². The van der Waals surface area contributed by atoms with Crippen molar-refractivity contribution in [1.82, 2.24) is 10.2 Å². The van der Waals surface area contributed by atoms with E-state index in [9.17, 15) is 0 Å². The largest absolute Gasteiger partial charge is 0.481 e. The molecule has 0 fully saturated rings. The molecule has 1 aromatic rings. The van der Waals surface area contributed by atoms with Crippen molar-refractivity contribution < 1.29 is 4.74 Å². The Morgan fingerprint density at radius 1 is 1.30 bits per heavy atom. The molecule has 0 spiro atoms. The van der Waals surface area contributed by atoms with Crippen molar-refractivity contribution in [3.05, 3.63) is 29.8 Å². The van der Waals surface area contributed by atoms with E-state index in [1.807, 2.05) is 18.2 Å². The quantitative estimate of drug-likeness (QED) is 0.737. The molecule has 0 aromatic heterocycles. The number of nitrogens with zero attached hydrogens (tertiary/aromatic N) is 1. The number of para-hydroxylation sites is 1. The zero-order chi connectivity index (χ0) is 15.0. The number of nitrogens with one attached hydrogen (secondary N) is 1. The van der Waals surface area contributed by atoms with Gasteiger partial charge in [0.15, 0.2) is 0 Å². The van der Waals surface area contributed by atoms with E-state index in [1.54, 1.807) is 0 Å². The molecule has 1 atom stereocenters. The molecule has 1 rings (SSSR count). The van der Waals surface area contributed by atoms with Gasteiger partial charge in [0.2, 0.25) is 0 Å². The Kier molecular flexibility index (Phi) is 7.14. The molecular weight excluding hydrogens is 248 g/mol. The highest BCUT2D eigenvalue weighted by Gasteiger charge is 2.14. The lowest BCUT2D eigenvalue weighted by atomic mass is 10.0. The van der Waals surface area contributed by atoms with E-state index in [-0.39, 0.29) is 0 Å². The van der Waals surface area contributed by atoms with Crippen molar-refractivity contribution in [2.75, 3.05) is 27.2 Å². The van der Waals surface area contributed by atoms with Gasteiger partial charge in [-0.25, -0.2) is 0 Å². The van der Waals surface area contributed by atoms with Crippen LogP contribution in [0, 0.1) is 18.3 Å². The third kappa shape index (κ3) is 5.64. The molecule has 1 N–H and O–H groups in total. The van der Waals surface area contributed by atoms with Gasteiger partial charge in [-0.15, -0.1) is 6.42 Å². The number of hydrogen-bond donors (Lipinski definition) is 1. The van der Waals surface area contributed by atoms with Gasteiger partial charge in [-0.2, -0.15) is 0 Å². The highest BCUT2D eigenvalue weighted by atomic mass is 16.5. The average molecular weight is 274 g/mol. The summed E-state index contributed by atoms with van der Waals surface area (Å²) in [7, 11) is 4.20. The zero-order valence-electron chi connectivity index (χ0n) is 13.0. The molecule has 1 unspecified atom stereocenters. The smallest absolute Gasteiger partial charge is 0.148 e. The van der Waals surface area contributed by atoms with Gasteiger partial charge in [-0.3, -0.25) is 0 Å². The number of likely N-dealkylation sites (N-methyl/N-ethyl adjacent to an activating group) is 1. The van der Waals surface area contributed by atoms with Crippen LogP contribution >= 0.6 is 0 Å². The van der Waals surface area contributed by atoms with Crippen LogP contribution in [0.2, 0.25) is 0 Å². The van der Waals surface area contributed by atoms with Crippen molar-refractivity contribution in [3.63, 3.8) is 0 Å². The van der Waals surface area contributed by atoms with Gasteiger partial charge in [0.25, 0.3) is 0 Å². The molecule has 0 saturated carbocycles. The minimum atomic E-state index is 0.308. The number of terminal acetylenes is 1. The first-order chi connectivity index (χ1) is 9.54. The molecule has 3 nitrogen and oxygen atoms in total. The highest BCUT2D eigenvalue weighted by molar-refractivity contribution is 5.33. The first-order valence-electron chi connectivity index (χ1n) is 7.07. The third-order valence-electron chi connectivity index (χ3n) is 3.20. The normalized spacial score (nSPS) is 12.4. The summed E-state index contributed by atoms with van der Waals surface area (Å²) >= 11 is 0. The fourth-order valence-corrected chi connectivity index (χ4v) is 2.06. The molecule has 0 aliphatic carbocycles. The number of rotatable bonds is 8. The summed E-state index contributed by atoms with van der Waals surface area (Å²) in [5, 5.41) is 3.61. The second-order valence-corrected chi connectivity index (χ2v) is 5.59. The van der Waals surface area contributed by atoms with Crippen LogP contribution in [0.15, 0.2) is 24.3 Å². The lowest BCUT2D eigenvalue weighted by molar-refractivity contribution is 0.286. The van der Waals surface area contributed by atoms with E-state index in [1.165, 1.54) is 0 Å². The summed E-state index contributed by atoms with van der Waals surface area (Å²) in [6.45, 7) is 6.59. The molecule has 0 saturated heterocycles. The van der Waals surface area contributed by atoms with E-state index in [0.717, 1.165) is 24.4 Å². The Balaban J connectivity index is 2.65. The molecule has 3 heteroatoms. The minimum Gasteiger partial charge on any atom is -0.481 e. The summed E-state index contributed by atoms with van der Waals surface area (Å²) < 4.78 is 5.57. The van der Waals surface area contributed by atoms with Crippen LogP contribution in [0.25, 0.3) is 0 Å². The minimum absolute atomic E-state index is 0.308. The molecule has 20 heavy (non-hydrogen) atoms. The monoisotopic (exact) mass is 274 g/mol. The van der Waals surface area contributed by atoms with E-state index >= 15 is 0 Å². The fourth-order valence-electron chi connectivity index (χ4n) is 2.06. The van der Waals surface area contributed by atoms with E-state index in [4.69, 9.17) is 11.2 Å². The Labute approximate surface area is 123 Å². The summed E-state index contributed by atoms with van der Waals surface area (Å²) in [6.07, 6.45) is 5.25. The molecule has 110 valence electrons. The van der Waals surface area contributed by atoms with E-state index < -0.39 is 0 Å². The summed E-state index contributed by atoms with van der Waals surface area (Å²) in [5.41, 5.74) is 1.15. The Morgan fingerprint density at radius 3 is 2.60 bits per heavy atom. The van der Waals surface area contributed by atoms with Crippen LogP contribution in [0.1, 0.15) is 19.4 Å². The number of hydrogen-bond acceptors (Lipinski definition) is 3. The van der Waals surface area contributed by atoms with Gasteiger partial charge in [0.1, 0.15) is 12.4 Å². The summed E-state index contributed by atoms with van der Waals surface area (Å²) in [4.78, 5) is 2.21. The Morgan fingerprint density at radius 2 is 2.00 bits per heavy atom. The lowest BCUT2D eigenvalue weighted by Crippen LogP contribution is -2.41. The first kappa shape index (κ1) is 16.6. The van der Waals surface area contributed by atoms with Crippen LogP contribution in [0.5, 0.6) is 5.75 Å². The maximum absolute atomic E-state index is 5.57. The van der Waals surface area contributed by atoms with Crippen LogP contribution in [-0.2, 0) is 6.54 Å². The number of benzene rings is 1. The fraction of sp³-hybridized carbons (Fsp3) is 0.529. The Bertz CT molecular complexity index is 435. The SMILES string of the molecule is C#CCOc1ccccc1CNC(CN(C)C)C(C)C. The molecule has 0 aliphatic rings. The third-order valence-corrected chi connectivity index (χ3v) is 3.20. The van der Waals surface area contributed by atoms with Crippen LogP contribution in [-0.4, -0.2) is 38.2 Å². The molecule has 0 aliphatic heterocycles. The predicted molar refractivity (Wildman–Crippen MR) is 84.8 cm³/mol. The molecule has 0 heterocycles. The van der Waals surface area contributed by atoms with Crippen molar-refractivity contribution in [3.8, 4) is 18.1 Å². The summed E-state index contributed by atoms with van der Waals surface area (Å²) in [6, 6.07) is 8.48. The molecular formula is C17H26N2O. The molecule has 1 aromatic carbocycles. The second kappa shape index (κ2) is 8.63. The van der Waals surface area contributed by atoms with Crippen molar-refractivity contribution in [1.29, 1.82) is 0 Å². The van der Waals surface area contributed by atoms with Crippen molar-refractivity contribution in [2.24, 2.45) is 5.92 Å². The second-order valence-electron chi connectivity index (χ2n) is 5.59. The van der Waals surface area contributed by atoms with Crippen molar-refractivity contribution >= 4 is 0 Å². The lowest BCUT2D eigenvalue weighted by Gasteiger charge is -2.26. The summed E-state index contributed by atoms with van der Waals surface area (Å²) in [5.74, 6) is 3.95. The van der Waals surface area contributed by atoms with Gasteiger partial charge < -0.3 is 15.0 Å². The van der Waals surface area contributed by atoms with Gasteiger partial charge in [0, 0.05) is 24.7 Å². The predicted octanol–water partition coefficient (Wildman–Crippen LogP) is 2.37. The number of ether oxygens (including phenoxy) is 1. The van der Waals surface area contributed by atoms with Crippen LogP contribution in [0.4, 0.5) is 0 Å². The van der Waals surface area contributed by atoms with Gasteiger partial charge in [0.05, 0.1) is 0 Å². The van der Waals surface area contributed by atoms with Crippen LogP contribution < -0.4 is 10.1 Å². The Hall–Kier alpha value is -1.50. The average Bonchev–Trinajstić information content (AvgIpc) is 2.41. The maximum atomic E-state index is 5.57. The highest BCUT2D eigenvalue weighted by Crippen LogP contribution is 2.18. The molecule has 0 radical (unpaired) electrons.